The van der Waals surface area contributed by atoms with Gasteiger partial charge >= 0.3 is 5.97 Å². The molecular formula is C28H20N2O5. The lowest BCUT2D eigenvalue weighted by molar-refractivity contribution is -0.121. The van der Waals surface area contributed by atoms with Gasteiger partial charge in [0.1, 0.15) is 0 Å². The zero-order valence-electron chi connectivity index (χ0n) is 18.8. The summed E-state index contributed by atoms with van der Waals surface area (Å²) in [6.45, 7) is -0.421. The van der Waals surface area contributed by atoms with Gasteiger partial charge in [-0.1, -0.05) is 42.5 Å². The minimum atomic E-state index is -0.683. The van der Waals surface area contributed by atoms with E-state index in [-0.39, 0.29) is 11.5 Å². The Bertz CT molecular complexity index is 1430. The lowest BCUT2D eigenvalue weighted by atomic mass is 9.94. The molecule has 3 amide bonds. The normalized spacial score (nSPS) is 12.5. The Morgan fingerprint density at radius 1 is 0.771 bits per heavy atom. The fourth-order valence-electron chi connectivity index (χ4n) is 4.11. The van der Waals surface area contributed by atoms with Crippen LogP contribution in [0.2, 0.25) is 0 Å². The van der Waals surface area contributed by atoms with Crippen LogP contribution in [0, 0.1) is 0 Å². The van der Waals surface area contributed by atoms with Crippen LogP contribution in [-0.2, 0) is 9.53 Å². The van der Waals surface area contributed by atoms with E-state index in [1.54, 1.807) is 43.4 Å². The molecule has 0 saturated heterocycles. The molecule has 5 rings (SSSR count). The first kappa shape index (κ1) is 22.0. The maximum atomic E-state index is 13.2. The smallest absolute Gasteiger partial charge is 0.338 e. The summed E-state index contributed by atoms with van der Waals surface area (Å²) in [5, 5.41) is 1.47. The van der Waals surface area contributed by atoms with Crippen LogP contribution in [0.5, 0.6) is 0 Å². The molecule has 0 aliphatic carbocycles. The number of rotatable bonds is 5. The predicted octanol–water partition coefficient (Wildman–Crippen LogP) is 4.46. The third-order valence-corrected chi connectivity index (χ3v) is 5.98. The minimum absolute atomic E-state index is 0.198. The molecule has 7 nitrogen and oxygen atoms in total. The van der Waals surface area contributed by atoms with E-state index in [1.165, 1.54) is 29.2 Å². The van der Waals surface area contributed by atoms with Crippen LogP contribution >= 0.6 is 0 Å². The van der Waals surface area contributed by atoms with Crippen molar-refractivity contribution in [2.45, 2.75) is 0 Å². The Kier molecular flexibility index (Phi) is 5.58. The Morgan fingerprint density at radius 2 is 1.37 bits per heavy atom. The van der Waals surface area contributed by atoms with Crippen LogP contribution < -0.4 is 9.80 Å². The van der Waals surface area contributed by atoms with Gasteiger partial charge in [-0.15, -0.1) is 0 Å². The van der Waals surface area contributed by atoms with Gasteiger partial charge in [0.2, 0.25) is 0 Å². The Hall–Kier alpha value is -4.78. The average Bonchev–Trinajstić information content (AvgIpc) is 2.90. The van der Waals surface area contributed by atoms with E-state index in [0.29, 0.717) is 27.9 Å². The highest BCUT2D eigenvalue weighted by molar-refractivity contribution is 6.35. The molecule has 7 heteroatoms. The van der Waals surface area contributed by atoms with Crippen LogP contribution in [0.1, 0.15) is 31.1 Å². The Morgan fingerprint density at radius 3 is 1.97 bits per heavy atom. The van der Waals surface area contributed by atoms with E-state index >= 15 is 0 Å². The molecule has 0 N–H and O–H groups in total. The summed E-state index contributed by atoms with van der Waals surface area (Å²) in [5.41, 5.74) is 2.11. The number of anilines is 2. The van der Waals surface area contributed by atoms with Crippen molar-refractivity contribution in [1.29, 1.82) is 0 Å². The van der Waals surface area contributed by atoms with Crippen molar-refractivity contribution < 1.29 is 23.9 Å². The van der Waals surface area contributed by atoms with E-state index in [2.05, 4.69) is 0 Å². The molecule has 1 heterocycles. The van der Waals surface area contributed by atoms with Crippen LogP contribution in [0.3, 0.4) is 0 Å². The summed E-state index contributed by atoms with van der Waals surface area (Å²) >= 11 is 0. The topological polar surface area (TPSA) is 84.0 Å². The molecule has 0 atom stereocenters. The summed E-state index contributed by atoms with van der Waals surface area (Å²) in [5.74, 6) is -1.91. The van der Waals surface area contributed by atoms with Gasteiger partial charge in [0.25, 0.3) is 17.7 Å². The number of carbonyl (C=O) groups is 4. The first-order valence-corrected chi connectivity index (χ1v) is 10.9. The molecule has 0 unspecified atom stereocenters. The molecule has 0 fully saturated rings. The van der Waals surface area contributed by atoms with Gasteiger partial charge in [0.05, 0.1) is 11.3 Å². The van der Waals surface area contributed by atoms with Gasteiger partial charge in [0.15, 0.2) is 6.61 Å². The number of carbonyl (C=O) groups excluding carboxylic acids is 4. The van der Waals surface area contributed by atoms with E-state index in [4.69, 9.17) is 4.74 Å². The number of esters is 1. The van der Waals surface area contributed by atoms with Crippen molar-refractivity contribution in [1.82, 2.24) is 0 Å². The van der Waals surface area contributed by atoms with Gasteiger partial charge in [-0.05, 0) is 53.9 Å². The van der Waals surface area contributed by atoms with Gasteiger partial charge in [0, 0.05) is 29.2 Å². The number of nitrogens with zero attached hydrogens (tertiary/aromatic N) is 2. The summed E-state index contributed by atoms with van der Waals surface area (Å²) in [6, 6.07) is 25.6. The first-order chi connectivity index (χ1) is 17.0. The van der Waals surface area contributed by atoms with Crippen molar-refractivity contribution in [3.05, 3.63) is 108 Å². The maximum absolute atomic E-state index is 13.2. The molecule has 4 aromatic carbocycles. The van der Waals surface area contributed by atoms with Crippen molar-refractivity contribution in [3.63, 3.8) is 0 Å². The molecule has 0 aromatic heterocycles. The van der Waals surface area contributed by atoms with Crippen molar-refractivity contribution >= 4 is 45.8 Å². The molecule has 0 spiro atoms. The molecule has 1 aliphatic rings. The second kappa shape index (κ2) is 8.87. The Balaban J connectivity index is 1.31. The number of likely N-dealkylation sites (N-methyl/N-ethyl adjacent to an activating group) is 1. The second-order valence-corrected chi connectivity index (χ2v) is 8.07. The van der Waals surface area contributed by atoms with Crippen LogP contribution in [0.15, 0.2) is 91.0 Å². The lowest BCUT2D eigenvalue weighted by Crippen LogP contribution is -2.40. The van der Waals surface area contributed by atoms with Gasteiger partial charge in [-0.2, -0.15) is 0 Å². The zero-order valence-corrected chi connectivity index (χ0v) is 18.8. The number of benzene rings is 4. The SMILES string of the molecule is CN(C(=O)COC(=O)c1ccc(N2C(=O)c3cccc4cccc(c34)C2=O)cc1)c1ccccc1. The monoisotopic (exact) mass is 464 g/mol. The summed E-state index contributed by atoms with van der Waals surface area (Å²) < 4.78 is 5.17. The van der Waals surface area contributed by atoms with Gasteiger partial charge in [-0.3, -0.25) is 14.4 Å². The van der Waals surface area contributed by atoms with E-state index in [0.717, 1.165) is 10.3 Å². The van der Waals surface area contributed by atoms with E-state index in [9.17, 15) is 19.2 Å². The van der Waals surface area contributed by atoms with Crippen LogP contribution in [-0.4, -0.2) is 37.3 Å². The number of para-hydroxylation sites is 1. The largest absolute Gasteiger partial charge is 0.452 e. The van der Waals surface area contributed by atoms with E-state index < -0.39 is 24.4 Å². The highest BCUT2D eigenvalue weighted by Gasteiger charge is 2.33. The fraction of sp³-hybridized carbons (Fsp3) is 0.0714. The number of ether oxygens (including phenoxy) is 1. The molecule has 0 radical (unpaired) electrons. The summed E-state index contributed by atoms with van der Waals surface area (Å²) in [6.07, 6.45) is 0. The number of amides is 3. The second-order valence-electron chi connectivity index (χ2n) is 8.07. The van der Waals surface area contributed by atoms with E-state index in [1.807, 2.05) is 30.3 Å². The molecular weight excluding hydrogens is 444 g/mol. The van der Waals surface area contributed by atoms with Crippen molar-refractivity contribution in [2.75, 3.05) is 23.5 Å². The van der Waals surface area contributed by atoms with Gasteiger partial charge < -0.3 is 9.64 Å². The highest BCUT2D eigenvalue weighted by Crippen LogP contribution is 2.32. The van der Waals surface area contributed by atoms with Gasteiger partial charge in [-0.25, -0.2) is 9.69 Å². The third kappa shape index (κ3) is 3.93. The number of imide groups is 1. The van der Waals surface area contributed by atoms with Crippen LogP contribution in [0.4, 0.5) is 11.4 Å². The maximum Gasteiger partial charge on any atom is 0.338 e. The molecule has 0 bridgehead atoms. The van der Waals surface area contributed by atoms with Crippen molar-refractivity contribution in [2.24, 2.45) is 0 Å². The minimum Gasteiger partial charge on any atom is -0.452 e. The summed E-state index contributed by atoms with van der Waals surface area (Å²) in [7, 11) is 1.60. The van der Waals surface area contributed by atoms with Crippen molar-refractivity contribution in [3.8, 4) is 0 Å². The Labute approximate surface area is 201 Å². The number of hydrogen-bond donors (Lipinski definition) is 0. The first-order valence-electron chi connectivity index (χ1n) is 10.9. The number of hydrogen-bond acceptors (Lipinski definition) is 5. The third-order valence-electron chi connectivity index (χ3n) is 5.98. The standard InChI is InChI=1S/C28H20N2O5/c1-29(20-9-3-2-4-10-20)24(31)17-35-28(34)19-13-15-21(16-14-19)30-26(32)22-11-5-7-18-8-6-12-23(25(18)22)27(30)33/h2-16H,17H2,1H3. The molecule has 35 heavy (non-hydrogen) atoms. The quantitative estimate of drug-likeness (QED) is 0.322. The molecule has 1 aliphatic heterocycles. The lowest BCUT2D eigenvalue weighted by Gasteiger charge is -2.27. The molecule has 4 aromatic rings. The zero-order chi connectivity index (χ0) is 24.5. The molecule has 172 valence electrons. The highest BCUT2D eigenvalue weighted by atomic mass is 16.5. The predicted molar refractivity (Wildman–Crippen MR) is 132 cm³/mol. The summed E-state index contributed by atoms with van der Waals surface area (Å²) in [4.78, 5) is 53.7. The molecule has 0 saturated carbocycles. The average molecular weight is 464 g/mol. The fourth-order valence-corrected chi connectivity index (χ4v) is 4.11. The van der Waals surface area contributed by atoms with Crippen LogP contribution in [0.25, 0.3) is 10.8 Å².